The van der Waals surface area contributed by atoms with Gasteiger partial charge in [0, 0.05) is 18.1 Å². The molecule has 7 heteroatoms. The van der Waals surface area contributed by atoms with Gasteiger partial charge in [0.25, 0.3) is 0 Å². The summed E-state index contributed by atoms with van der Waals surface area (Å²) in [5, 5.41) is 18.2. The van der Waals surface area contributed by atoms with Crippen LogP contribution in [0, 0.1) is 17.0 Å². The highest BCUT2D eigenvalue weighted by Crippen LogP contribution is 2.28. The first-order valence-electron chi connectivity index (χ1n) is 5.66. The summed E-state index contributed by atoms with van der Waals surface area (Å²) in [4.78, 5) is 10.6. The van der Waals surface area contributed by atoms with Gasteiger partial charge in [-0.15, -0.1) is 0 Å². The van der Waals surface area contributed by atoms with Crippen LogP contribution in [0.3, 0.4) is 0 Å². The van der Waals surface area contributed by atoms with Gasteiger partial charge in [0.2, 0.25) is 5.82 Å². The summed E-state index contributed by atoms with van der Waals surface area (Å²) < 4.78 is 2.45. The molecule has 0 fully saturated rings. The molecular formula is C12H13BrN4O2. The summed E-state index contributed by atoms with van der Waals surface area (Å²) in [6.45, 7) is 2.11. The lowest BCUT2D eigenvalue weighted by Gasteiger charge is -2.07. The number of aromatic nitrogens is 2. The van der Waals surface area contributed by atoms with Crippen LogP contribution in [-0.4, -0.2) is 14.7 Å². The van der Waals surface area contributed by atoms with Crippen LogP contribution in [0.4, 0.5) is 11.5 Å². The van der Waals surface area contributed by atoms with Crippen LogP contribution in [0.2, 0.25) is 0 Å². The third kappa shape index (κ3) is 2.76. The zero-order valence-corrected chi connectivity index (χ0v) is 12.1. The smallest absolute Gasteiger partial charge is 0.333 e. The normalized spacial score (nSPS) is 10.5. The number of hydrogen-bond acceptors (Lipinski definition) is 4. The Balaban J connectivity index is 2.25. The Kier molecular flexibility index (Phi) is 3.84. The zero-order chi connectivity index (χ0) is 14.0. The summed E-state index contributed by atoms with van der Waals surface area (Å²) in [7, 11) is 1.68. The molecule has 1 aromatic heterocycles. The summed E-state index contributed by atoms with van der Waals surface area (Å²) in [6, 6.07) is 7.72. The Bertz CT molecular complexity index is 624. The van der Waals surface area contributed by atoms with E-state index < -0.39 is 4.92 Å². The molecular weight excluding hydrogens is 312 g/mol. The molecule has 1 heterocycles. The lowest BCUT2D eigenvalue weighted by atomic mass is 10.2. The van der Waals surface area contributed by atoms with Gasteiger partial charge in [0.15, 0.2) is 0 Å². The third-order valence-electron chi connectivity index (χ3n) is 2.78. The molecule has 0 saturated carbocycles. The van der Waals surface area contributed by atoms with Crippen molar-refractivity contribution in [3.63, 3.8) is 0 Å². The van der Waals surface area contributed by atoms with E-state index in [2.05, 4.69) is 26.3 Å². The van der Waals surface area contributed by atoms with Crippen molar-refractivity contribution in [1.82, 2.24) is 9.78 Å². The summed E-state index contributed by atoms with van der Waals surface area (Å²) in [5.74, 6) is 0.415. The van der Waals surface area contributed by atoms with Gasteiger partial charge in [-0.2, -0.15) is 5.10 Å². The monoisotopic (exact) mass is 324 g/mol. The predicted molar refractivity (Wildman–Crippen MR) is 76.1 cm³/mol. The largest absolute Gasteiger partial charge is 0.360 e. The summed E-state index contributed by atoms with van der Waals surface area (Å²) in [5.41, 5.74) is 1.45. The minimum atomic E-state index is -0.412. The van der Waals surface area contributed by atoms with Crippen molar-refractivity contribution in [3.8, 4) is 0 Å². The average Bonchev–Trinajstić information content (AvgIpc) is 2.63. The highest BCUT2D eigenvalue weighted by Gasteiger charge is 2.23. The Labute approximate surface area is 118 Å². The second-order valence-corrected chi connectivity index (χ2v) is 4.96. The van der Waals surface area contributed by atoms with Gasteiger partial charge in [-0.05, 0) is 18.6 Å². The number of hydrogen-bond donors (Lipinski definition) is 1. The number of rotatable bonds is 4. The lowest BCUT2D eigenvalue weighted by Crippen LogP contribution is -2.06. The summed E-state index contributed by atoms with van der Waals surface area (Å²) in [6.07, 6.45) is 0. The van der Waals surface area contributed by atoms with Crippen molar-refractivity contribution in [2.45, 2.75) is 13.5 Å². The minimum absolute atomic E-state index is 0.0227. The van der Waals surface area contributed by atoms with E-state index in [0.29, 0.717) is 18.1 Å². The molecule has 0 aliphatic heterocycles. The van der Waals surface area contributed by atoms with Crippen LogP contribution >= 0.6 is 15.9 Å². The second-order valence-electron chi connectivity index (χ2n) is 4.11. The van der Waals surface area contributed by atoms with E-state index in [1.165, 1.54) is 4.68 Å². The van der Waals surface area contributed by atoms with E-state index in [9.17, 15) is 10.1 Å². The zero-order valence-electron chi connectivity index (χ0n) is 10.6. The highest BCUT2D eigenvalue weighted by molar-refractivity contribution is 9.10. The molecule has 2 aromatic rings. The van der Waals surface area contributed by atoms with Crippen LogP contribution in [0.15, 0.2) is 28.7 Å². The van der Waals surface area contributed by atoms with E-state index in [1.807, 2.05) is 24.3 Å². The second kappa shape index (κ2) is 5.40. The first-order valence-corrected chi connectivity index (χ1v) is 6.45. The van der Waals surface area contributed by atoms with Crippen molar-refractivity contribution >= 4 is 27.4 Å². The molecule has 0 saturated heterocycles. The predicted octanol–water partition coefficient (Wildman–Crippen LogP) is 3.01. The first-order chi connectivity index (χ1) is 9.00. The summed E-state index contributed by atoms with van der Waals surface area (Å²) >= 11 is 3.44. The van der Waals surface area contributed by atoms with Crippen molar-refractivity contribution < 1.29 is 4.92 Å². The molecule has 19 heavy (non-hydrogen) atoms. The molecule has 1 aromatic carbocycles. The first kappa shape index (κ1) is 13.5. The quantitative estimate of drug-likeness (QED) is 0.693. The van der Waals surface area contributed by atoms with Gasteiger partial charge in [0.05, 0.1) is 4.92 Å². The Hall–Kier alpha value is -1.89. The lowest BCUT2D eigenvalue weighted by molar-refractivity contribution is -0.384. The fraction of sp³-hybridized carbons (Fsp3) is 0.250. The third-order valence-corrected chi connectivity index (χ3v) is 3.55. The molecule has 0 aliphatic rings. The highest BCUT2D eigenvalue weighted by atomic mass is 79.9. The van der Waals surface area contributed by atoms with Crippen LogP contribution in [0.5, 0.6) is 0 Å². The maximum absolute atomic E-state index is 11.0. The van der Waals surface area contributed by atoms with E-state index in [1.54, 1.807) is 14.0 Å². The maximum Gasteiger partial charge on any atom is 0.333 e. The minimum Gasteiger partial charge on any atom is -0.360 e. The number of nitrogens with one attached hydrogen (secondary N) is 1. The molecule has 1 N–H and O–H groups in total. The van der Waals surface area contributed by atoms with E-state index in [4.69, 9.17) is 0 Å². The number of nitrogens with zero attached hydrogens (tertiary/aromatic N) is 3. The molecule has 0 bridgehead atoms. The van der Waals surface area contributed by atoms with E-state index in [0.717, 1.165) is 10.0 Å². The van der Waals surface area contributed by atoms with Crippen molar-refractivity contribution in [2.75, 3.05) is 5.32 Å². The van der Waals surface area contributed by atoms with Gasteiger partial charge in [-0.25, -0.2) is 4.68 Å². The Morgan fingerprint density at radius 2 is 2.16 bits per heavy atom. The number of benzene rings is 1. The van der Waals surface area contributed by atoms with Gasteiger partial charge in [-0.3, -0.25) is 10.1 Å². The van der Waals surface area contributed by atoms with Crippen molar-refractivity contribution in [3.05, 3.63) is 50.1 Å². The molecule has 6 nitrogen and oxygen atoms in total. The van der Waals surface area contributed by atoms with Crippen molar-refractivity contribution in [1.29, 1.82) is 0 Å². The standard InChI is InChI=1S/C12H13BrN4O2/c1-8-11(17(18)19)12(16(2)15-8)14-7-9-5-3-4-6-10(9)13/h3-6,14H,7H2,1-2H3. The Morgan fingerprint density at radius 3 is 2.79 bits per heavy atom. The number of nitro groups is 1. The van der Waals surface area contributed by atoms with Crippen LogP contribution < -0.4 is 5.32 Å². The number of anilines is 1. The fourth-order valence-corrected chi connectivity index (χ4v) is 2.31. The van der Waals surface area contributed by atoms with E-state index >= 15 is 0 Å². The van der Waals surface area contributed by atoms with Crippen LogP contribution in [0.1, 0.15) is 11.3 Å². The van der Waals surface area contributed by atoms with E-state index in [-0.39, 0.29) is 5.69 Å². The fourth-order valence-electron chi connectivity index (χ4n) is 1.88. The molecule has 100 valence electrons. The molecule has 0 amide bonds. The number of aryl methyl sites for hydroxylation is 2. The Morgan fingerprint density at radius 1 is 1.47 bits per heavy atom. The molecule has 0 radical (unpaired) electrons. The topological polar surface area (TPSA) is 73.0 Å². The van der Waals surface area contributed by atoms with Crippen molar-refractivity contribution in [2.24, 2.45) is 7.05 Å². The van der Waals surface area contributed by atoms with Crippen LogP contribution in [0.25, 0.3) is 0 Å². The van der Waals surface area contributed by atoms with Gasteiger partial charge in [-0.1, -0.05) is 34.1 Å². The van der Waals surface area contributed by atoms with Crippen LogP contribution in [-0.2, 0) is 13.6 Å². The molecule has 0 aliphatic carbocycles. The number of halogens is 1. The molecule has 0 unspecified atom stereocenters. The average molecular weight is 325 g/mol. The molecule has 2 rings (SSSR count). The maximum atomic E-state index is 11.0. The molecule has 0 spiro atoms. The molecule has 0 atom stereocenters. The van der Waals surface area contributed by atoms with Gasteiger partial charge < -0.3 is 5.32 Å². The van der Waals surface area contributed by atoms with Gasteiger partial charge >= 0.3 is 5.69 Å². The SMILES string of the molecule is Cc1nn(C)c(NCc2ccccc2Br)c1[N+](=O)[O-]. The van der Waals surface area contributed by atoms with Gasteiger partial charge in [0.1, 0.15) is 5.69 Å².